The molecule has 0 spiro atoms. The maximum atomic E-state index is 12.0. The molecule has 0 aliphatic rings. The molecule has 0 fully saturated rings. The molecule has 0 amide bonds. The number of ether oxygens (including phenoxy) is 1. The Morgan fingerprint density at radius 1 is 1.71 bits per heavy atom. The number of alkyl halides is 2. The minimum absolute atomic E-state index is 0.0575. The predicted octanol–water partition coefficient (Wildman–Crippen LogP) is 1.72. The van der Waals surface area contributed by atoms with Crippen LogP contribution in [0, 0.1) is 0 Å². The number of methoxy groups -OCH3 is 1. The van der Waals surface area contributed by atoms with Gasteiger partial charge in [0.2, 0.25) is 0 Å². The topological polar surface area (TPSA) is 39.9 Å². The van der Waals surface area contributed by atoms with Crippen LogP contribution >= 0.6 is 15.9 Å². The molecule has 1 atom stereocenters. The van der Waals surface area contributed by atoms with E-state index in [1.54, 1.807) is 18.0 Å². The molecule has 6 heteroatoms. The fraction of sp³-hybridized carbons (Fsp3) is 0.750. The number of rotatable bonds is 6. The number of nitrogens with zero attached hydrogens (tertiary/aromatic N) is 3. The molecular formula is C8H13BrFN3O. The largest absolute Gasteiger partial charge is 0.383 e. The number of hydrogen-bond acceptors (Lipinski definition) is 3. The normalized spacial score (nSPS) is 13.1. The smallest absolute Gasteiger partial charge is 0.0912 e. The van der Waals surface area contributed by atoms with Crippen molar-refractivity contribution < 1.29 is 9.13 Å². The van der Waals surface area contributed by atoms with Gasteiger partial charge in [-0.25, -0.2) is 4.68 Å². The van der Waals surface area contributed by atoms with E-state index in [0.29, 0.717) is 19.6 Å². The maximum absolute atomic E-state index is 12.0. The van der Waals surface area contributed by atoms with Crippen LogP contribution in [0.15, 0.2) is 6.20 Å². The van der Waals surface area contributed by atoms with Crippen molar-refractivity contribution in [2.45, 2.75) is 17.8 Å². The Hall–Kier alpha value is -0.490. The van der Waals surface area contributed by atoms with Crippen LogP contribution in [-0.2, 0) is 11.3 Å². The van der Waals surface area contributed by atoms with E-state index in [-0.39, 0.29) is 11.5 Å². The van der Waals surface area contributed by atoms with Crippen molar-refractivity contribution in [3.05, 3.63) is 11.9 Å². The van der Waals surface area contributed by atoms with Crippen LogP contribution in [0.2, 0.25) is 0 Å². The first-order valence-corrected chi connectivity index (χ1v) is 5.28. The molecule has 0 radical (unpaired) electrons. The minimum Gasteiger partial charge on any atom is -0.383 e. The zero-order valence-electron chi connectivity index (χ0n) is 7.99. The molecule has 14 heavy (non-hydrogen) atoms. The van der Waals surface area contributed by atoms with Crippen molar-refractivity contribution in [2.75, 3.05) is 20.4 Å². The van der Waals surface area contributed by atoms with Gasteiger partial charge in [0, 0.05) is 13.7 Å². The molecule has 1 aromatic heterocycles. The average molecular weight is 266 g/mol. The van der Waals surface area contributed by atoms with Crippen molar-refractivity contribution in [3.8, 4) is 0 Å². The summed E-state index contributed by atoms with van der Waals surface area (Å²) in [6.07, 6.45) is 2.12. The lowest BCUT2D eigenvalue weighted by Crippen LogP contribution is -2.10. The van der Waals surface area contributed by atoms with E-state index >= 15 is 0 Å². The molecular weight excluding hydrogens is 253 g/mol. The van der Waals surface area contributed by atoms with Gasteiger partial charge in [0.05, 0.1) is 30.0 Å². The van der Waals surface area contributed by atoms with Gasteiger partial charge in [-0.05, 0) is 6.42 Å². The number of aromatic nitrogens is 3. The van der Waals surface area contributed by atoms with E-state index in [4.69, 9.17) is 4.74 Å². The highest BCUT2D eigenvalue weighted by Crippen LogP contribution is 2.21. The summed E-state index contributed by atoms with van der Waals surface area (Å²) in [6, 6.07) is 0. The van der Waals surface area contributed by atoms with Gasteiger partial charge in [-0.15, -0.1) is 5.10 Å². The zero-order chi connectivity index (χ0) is 10.4. The van der Waals surface area contributed by atoms with E-state index in [1.807, 2.05) is 0 Å². The van der Waals surface area contributed by atoms with E-state index in [0.717, 1.165) is 5.69 Å². The summed E-state index contributed by atoms with van der Waals surface area (Å²) in [7, 11) is 1.63. The molecule has 0 N–H and O–H groups in total. The lowest BCUT2D eigenvalue weighted by atomic mass is 10.3. The third kappa shape index (κ3) is 3.02. The molecule has 4 nitrogen and oxygen atoms in total. The molecule has 1 rings (SSSR count). The van der Waals surface area contributed by atoms with E-state index in [1.165, 1.54) is 0 Å². The molecule has 0 aliphatic carbocycles. The lowest BCUT2D eigenvalue weighted by molar-refractivity contribution is 0.199. The predicted molar refractivity (Wildman–Crippen MR) is 54.2 cm³/mol. The molecule has 1 aromatic rings. The van der Waals surface area contributed by atoms with Crippen LogP contribution < -0.4 is 0 Å². The first-order chi connectivity index (χ1) is 6.79. The van der Waals surface area contributed by atoms with Gasteiger partial charge in [-0.1, -0.05) is 21.1 Å². The second kappa shape index (κ2) is 6.08. The van der Waals surface area contributed by atoms with Crippen molar-refractivity contribution in [1.29, 1.82) is 0 Å². The van der Waals surface area contributed by atoms with Gasteiger partial charge < -0.3 is 4.74 Å². The monoisotopic (exact) mass is 265 g/mol. The van der Waals surface area contributed by atoms with Crippen LogP contribution in [0.4, 0.5) is 4.39 Å². The highest BCUT2D eigenvalue weighted by Gasteiger charge is 2.13. The maximum Gasteiger partial charge on any atom is 0.0912 e. The van der Waals surface area contributed by atoms with Gasteiger partial charge in [0.15, 0.2) is 0 Å². The van der Waals surface area contributed by atoms with E-state index < -0.39 is 0 Å². The standard InChI is InChI=1S/C8H13BrFN3O/c1-14-6-7(9)8-5-11-12-13(8)4-2-3-10/h5,7H,2-4,6H2,1H3. The fourth-order valence-electron chi connectivity index (χ4n) is 1.12. The first kappa shape index (κ1) is 11.6. The highest BCUT2D eigenvalue weighted by molar-refractivity contribution is 9.09. The third-order valence-electron chi connectivity index (χ3n) is 1.79. The van der Waals surface area contributed by atoms with E-state index in [9.17, 15) is 4.39 Å². The van der Waals surface area contributed by atoms with Crippen molar-refractivity contribution >= 4 is 15.9 Å². The van der Waals surface area contributed by atoms with Gasteiger partial charge >= 0.3 is 0 Å². The average Bonchev–Trinajstić information content (AvgIpc) is 2.63. The summed E-state index contributed by atoms with van der Waals surface area (Å²) in [5, 5.41) is 7.65. The van der Waals surface area contributed by atoms with Gasteiger partial charge in [-0.2, -0.15) is 0 Å². The Morgan fingerprint density at radius 3 is 3.14 bits per heavy atom. The Balaban J connectivity index is 2.61. The first-order valence-electron chi connectivity index (χ1n) is 4.37. The van der Waals surface area contributed by atoms with Crippen LogP contribution in [0.1, 0.15) is 16.9 Å². The Kier molecular flexibility index (Phi) is 5.03. The van der Waals surface area contributed by atoms with Crippen molar-refractivity contribution in [3.63, 3.8) is 0 Å². The highest BCUT2D eigenvalue weighted by atomic mass is 79.9. The summed E-state index contributed by atoms with van der Waals surface area (Å²) < 4.78 is 18.7. The quantitative estimate of drug-likeness (QED) is 0.736. The minimum atomic E-state index is -0.337. The summed E-state index contributed by atoms with van der Waals surface area (Å²) in [6.45, 7) is 0.761. The van der Waals surface area contributed by atoms with Crippen LogP contribution in [0.3, 0.4) is 0 Å². The number of hydrogen-bond donors (Lipinski definition) is 0. The molecule has 80 valence electrons. The van der Waals surface area contributed by atoms with Crippen molar-refractivity contribution in [1.82, 2.24) is 15.0 Å². The summed E-state index contributed by atoms with van der Waals surface area (Å²) in [5.74, 6) is 0. The SMILES string of the molecule is COCC(Br)c1cnnn1CCCF. The summed E-state index contributed by atoms with van der Waals surface area (Å²) in [4.78, 5) is 0.0575. The Morgan fingerprint density at radius 2 is 2.50 bits per heavy atom. The molecule has 0 aliphatic heterocycles. The second-order valence-electron chi connectivity index (χ2n) is 2.85. The van der Waals surface area contributed by atoms with Crippen molar-refractivity contribution in [2.24, 2.45) is 0 Å². The van der Waals surface area contributed by atoms with Gasteiger partial charge in [-0.3, -0.25) is 4.39 Å². The van der Waals surface area contributed by atoms with Crippen LogP contribution in [0.25, 0.3) is 0 Å². The Labute approximate surface area is 90.6 Å². The molecule has 1 heterocycles. The molecule has 0 saturated carbocycles. The van der Waals surface area contributed by atoms with E-state index in [2.05, 4.69) is 26.2 Å². The fourth-order valence-corrected chi connectivity index (χ4v) is 1.74. The molecule has 0 saturated heterocycles. The number of halogens is 2. The molecule has 0 aromatic carbocycles. The summed E-state index contributed by atoms with van der Waals surface area (Å²) in [5.41, 5.74) is 0.917. The summed E-state index contributed by atoms with van der Waals surface area (Å²) >= 11 is 3.45. The zero-order valence-corrected chi connectivity index (χ0v) is 9.57. The van der Waals surface area contributed by atoms with Crippen LogP contribution in [0.5, 0.6) is 0 Å². The number of aryl methyl sites for hydroxylation is 1. The molecule has 1 unspecified atom stereocenters. The van der Waals surface area contributed by atoms with Gasteiger partial charge in [0.25, 0.3) is 0 Å². The third-order valence-corrected chi connectivity index (χ3v) is 2.52. The second-order valence-corrected chi connectivity index (χ2v) is 3.95. The Bertz CT molecular complexity index is 269. The lowest BCUT2D eigenvalue weighted by Gasteiger charge is -2.09. The van der Waals surface area contributed by atoms with Crippen LogP contribution in [-0.4, -0.2) is 35.4 Å². The van der Waals surface area contributed by atoms with Gasteiger partial charge in [0.1, 0.15) is 0 Å². The molecule has 0 bridgehead atoms.